The van der Waals surface area contributed by atoms with Crippen LogP contribution in [0.25, 0.3) is 0 Å². The van der Waals surface area contributed by atoms with Crippen molar-refractivity contribution in [3.63, 3.8) is 0 Å². The van der Waals surface area contributed by atoms with Crippen molar-refractivity contribution >= 4 is 7.82 Å². The first-order valence-electron chi connectivity index (χ1n) is 7.25. The number of ether oxygens (including phenoxy) is 1. The third-order valence-electron chi connectivity index (χ3n) is 2.42. The molecule has 0 aromatic rings. The predicted molar refractivity (Wildman–Crippen MR) is 79.3 cm³/mol. The van der Waals surface area contributed by atoms with Gasteiger partial charge in [-0.1, -0.05) is 45.4 Å². The Bertz CT molecular complexity index is 215. The van der Waals surface area contributed by atoms with Crippen molar-refractivity contribution in [3.8, 4) is 0 Å². The average molecular weight is 338 g/mol. The van der Waals surface area contributed by atoms with E-state index in [4.69, 9.17) is 14.5 Å². The van der Waals surface area contributed by atoms with Crippen LogP contribution in [0.2, 0.25) is 0 Å². The minimum absolute atomic E-state index is 0. The Balaban J connectivity index is -0.000000179. The Morgan fingerprint density at radius 2 is 1.35 bits per heavy atom. The molecular formula is C13H32KO5P. The number of rotatable bonds is 11. The van der Waals surface area contributed by atoms with Crippen molar-refractivity contribution < 1.29 is 76.4 Å². The molecule has 0 aromatic carbocycles. The molecule has 0 radical (unpaired) electrons. The molecule has 20 heavy (non-hydrogen) atoms. The fourth-order valence-corrected chi connectivity index (χ4v) is 1.81. The van der Waals surface area contributed by atoms with E-state index in [1.807, 2.05) is 13.8 Å². The molecule has 120 valence electrons. The molecule has 2 N–H and O–H groups in total. The van der Waals surface area contributed by atoms with Gasteiger partial charge in [-0.3, -0.25) is 4.52 Å². The van der Waals surface area contributed by atoms with E-state index in [1.54, 1.807) is 0 Å². The maximum Gasteiger partial charge on any atom is 1.00 e. The quantitative estimate of drug-likeness (QED) is 0.334. The molecule has 0 aliphatic heterocycles. The van der Waals surface area contributed by atoms with Gasteiger partial charge < -0.3 is 16.0 Å². The van der Waals surface area contributed by atoms with Gasteiger partial charge in [0.05, 0.1) is 6.61 Å². The van der Waals surface area contributed by atoms with E-state index in [2.05, 4.69) is 11.4 Å². The van der Waals surface area contributed by atoms with E-state index in [0.29, 0.717) is 0 Å². The van der Waals surface area contributed by atoms with E-state index in [1.165, 1.54) is 25.7 Å². The maximum absolute atomic E-state index is 10.3. The number of phosphoric acid groups is 1. The van der Waals surface area contributed by atoms with Gasteiger partial charge in [-0.2, -0.15) is 0 Å². The van der Waals surface area contributed by atoms with Gasteiger partial charge in [0.15, 0.2) is 0 Å². The normalized spacial score (nSPS) is 10.4. The van der Waals surface area contributed by atoms with E-state index < -0.39 is 7.82 Å². The average Bonchev–Trinajstić information content (AvgIpc) is 2.33. The molecule has 0 amide bonds. The summed E-state index contributed by atoms with van der Waals surface area (Å²) in [5.74, 6) is 0. The summed E-state index contributed by atoms with van der Waals surface area (Å²) in [4.78, 5) is 16.8. The first-order valence-corrected chi connectivity index (χ1v) is 8.78. The zero-order chi connectivity index (χ0) is 15.0. The summed E-state index contributed by atoms with van der Waals surface area (Å²) >= 11 is 0. The molecule has 0 saturated carbocycles. The summed E-state index contributed by atoms with van der Waals surface area (Å²) in [6, 6.07) is 0. The third-order valence-corrected chi connectivity index (χ3v) is 2.93. The Morgan fingerprint density at radius 1 is 0.900 bits per heavy atom. The minimum atomic E-state index is -4.23. The summed E-state index contributed by atoms with van der Waals surface area (Å²) < 4.78 is 19.4. The molecule has 0 unspecified atom stereocenters. The first-order chi connectivity index (χ1) is 8.97. The molecule has 0 bridgehead atoms. The summed E-state index contributed by atoms with van der Waals surface area (Å²) in [7, 11) is -4.23. The molecule has 0 atom stereocenters. The number of phosphoric ester groups is 1. The first kappa shape index (κ1) is 26.6. The van der Waals surface area contributed by atoms with Gasteiger partial charge in [0.1, 0.15) is 0 Å². The summed E-state index contributed by atoms with van der Waals surface area (Å²) in [5, 5.41) is 0. The monoisotopic (exact) mass is 338 g/mol. The fraction of sp³-hybridized carbons (Fsp3) is 1.00. The zero-order valence-electron chi connectivity index (χ0n) is 14.6. The van der Waals surface area contributed by atoms with Crippen molar-refractivity contribution in [3.05, 3.63) is 0 Å². The van der Waals surface area contributed by atoms with Gasteiger partial charge >= 0.3 is 59.2 Å². The van der Waals surface area contributed by atoms with Gasteiger partial charge in [-0.15, -0.1) is 0 Å². The van der Waals surface area contributed by atoms with Crippen molar-refractivity contribution in [1.29, 1.82) is 0 Å². The molecule has 0 saturated heterocycles. The van der Waals surface area contributed by atoms with Gasteiger partial charge in [-0.05, 0) is 20.3 Å². The van der Waals surface area contributed by atoms with Crippen molar-refractivity contribution in [2.75, 3.05) is 19.8 Å². The summed E-state index contributed by atoms with van der Waals surface area (Å²) in [5.41, 5.74) is 0. The SMILES string of the molecule is CCCCCCCCCOP(=O)(O)O.CCOCC.[H-].[K+]. The van der Waals surface area contributed by atoms with Crippen LogP contribution in [0.4, 0.5) is 0 Å². The van der Waals surface area contributed by atoms with Crippen LogP contribution in [0.15, 0.2) is 0 Å². The second kappa shape index (κ2) is 20.7. The van der Waals surface area contributed by atoms with E-state index in [0.717, 1.165) is 32.5 Å². The van der Waals surface area contributed by atoms with Crippen LogP contribution in [0.3, 0.4) is 0 Å². The van der Waals surface area contributed by atoms with Crippen molar-refractivity contribution in [1.82, 2.24) is 0 Å². The second-order valence-corrected chi connectivity index (χ2v) is 5.47. The molecule has 0 rings (SSSR count). The van der Waals surface area contributed by atoms with Crippen LogP contribution < -0.4 is 51.4 Å². The molecule has 0 spiro atoms. The number of unbranched alkanes of at least 4 members (excludes halogenated alkanes) is 6. The van der Waals surface area contributed by atoms with E-state index >= 15 is 0 Å². The Labute approximate surface area is 168 Å². The Kier molecular flexibility index (Phi) is 27.5. The van der Waals surface area contributed by atoms with Crippen LogP contribution in [0, 0.1) is 0 Å². The smallest absolute Gasteiger partial charge is 1.00 e. The molecule has 0 heterocycles. The zero-order valence-corrected chi connectivity index (χ0v) is 17.7. The second-order valence-electron chi connectivity index (χ2n) is 4.23. The maximum atomic E-state index is 10.3. The fourth-order valence-electron chi connectivity index (χ4n) is 1.45. The third kappa shape index (κ3) is 31.9. The summed E-state index contributed by atoms with van der Waals surface area (Å²) in [6.07, 6.45) is 7.84. The predicted octanol–water partition coefficient (Wildman–Crippen LogP) is 1.01. The van der Waals surface area contributed by atoms with Crippen LogP contribution >= 0.6 is 7.82 Å². The van der Waals surface area contributed by atoms with Gasteiger partial charge in [0.2, 0.25) is 0 Å². The van der Waals surface area contributed by atoms with Gasteiger partial charge in [0.25, 0.3) is 0 Å². The van der Waals surface area contributed by atoms with Crippen molar-refractivity contribution in [2.24, 2.45) is 0 Å². The molecule has 0 aromatic heterocycles. The van der Waals surface area contributed by atoms with Crippen molar-refractivity contribution in [2.45, 2.75) is 65.7 Å². The van der Waals surface area contributed by atoms with Crippen LogP contribution in [-0.4, -0.2) is 29.6 Å². The molecule has 7 heteroatoms. The molecule has 0 aliphatic rings. The van der Waals surface area contributed by atoms with Crippen LogP contribution in [0.5, 0.6) is 0 Å². The minimum Gasteiger partial charge on any atom is -1.00 e. The Morgan fingerprint density at radius 3 is 1.70 bits per heavy atom. The molecular weight excluding hydrogens is 306 g/mol. The number of hydrogen-bond donors (Lipinski definition) is 2. The molecule has 0 aliphatic carbocycles. The molecule has 0 fully saturated rings. The van der Waals surface area contributed by atoms with Gasteiger partial charge in [0, 0.05) is 13.2 Å². The van der Waals surface area contributed by atoms with Gasteiger partial charge in [-0.25, -0.2) is 4.57 Å². The largest absolute Gasteiger partial charge is 1.00 e. The standard InChI is InChI=1S/C9H21O4P.C4H10O.K.H/c1-2-3-4-5-6-7-8-9-13-14(10,11)12;1-3-5-4-2;;/h2-9H2,1H3,(H2,10,11,12);3-4H2,1-2H3;;/q;;+1;-1. The van der Waals surface area contributed by atoms with E-state index in [-0.39, 0.29) is 59.4 Å². The van der Waals surface area contributed by atoms with E-state index in [9.17, 15) is 4.57 Å². The molecule has 5 nitrogen and oxygen atoms in total. The topological polar surface area (TPSA) is 76.0 Å². The van der Waals surface area contributed by atoms with Crippen LogP contribution in [-0.2, 0) is 13.8 Å². The van der Waals surface area contributed by atoms with Crippen LogP contribution in [0.1, 0.15) is 67.1 Å². The Hall–Kier alpha value is 1.71. The summed E-state index contributed by atoms with van der Waals surface area (Å²) in [6.45, 7) is 8.01. The number of hydrogen-bond acceptors (Lipinski definition) is 3.